The number of carboxylic acids is 3. The summed E-state index contributed by atoms with van der Waals surface area (Å²) in [5.41, 5.74) is 6.17. The minimum absolute atomic E-state index is 0.0400. The highest BCUT2D eigenvalue weighted by Crippen LogP contribution is 2.32. The highest BCUT2D eigenvalue weighted by atomic mass is 19.4. The summed E-state index contributed by atoms with van der Waals surface area (Å²) in [5, 5.41) is 34.8. The third-order valence-electron chi connectivity index (χ3n) is 6.80. The van der Waals surface area contributed by atoms with Crippen molar-refractivity contribution in [1.29, 1.82) is 0 Å². The summed E-state index contributed by atoms with van der Waals surface area (Å²) in [6, 6.07) is 11.8. The lowest BCUT2D eigenvalue weighted by Gasteiger charge is -2.28. The molecule has 0 saturated carbocycles. The van der Waals surface area contributed by atoms with Crippen LogP contribution in [0, 0.1) is 0 Å². The van der Waals surface area contributed by atoms with Gasteiger partial charge in [-0.3, -0.25) is 9.89 Å². The standard InChI is InChI=1S/C25H32N6O2.3C2HF3O2/c1-30(2)9-10-31(3)24-13-17(20-15-27-28-16-20)6-8-22(24)29-25(32)23-12-19-11-21(33-4)7-5-18(19)14-26-23;3*3-2(4,5)1(6)7/h5-8,11,13,15-16,23,26H,9-10,12,14H2,1-4H3,(H,27,28)(H,29,32);3*(H,6,7)/t23-;;;/m1.../s1. The number of fused-ring (bicyclic) bond motifs is 1. The molecule has 0 aliphatic carbocycles. The zero-order valence-corrected chi connectivity index (χ0v) is 28.7. The number of benzene rings is 2. The SMILES string of the molecule is COc1ccc2c(c1)C[C@H](C(=O)Nc1ccc(-c3cn[nH]c3)cc1N(C)CCN(C)C)NC2.O=C(O)C(F)(F)F.O=C(O)C(F)(F)F.O=C(O)C(F)(F)F. The number of ether oxygens (including phenoxy) is 1. The van der Waals surface area contributed by atoms with Crippen molar-refractivity contribution in [2.45, 2.75) is 37.5 Å². The smallest absolute Gasteiger partial charge is 0.490 e. The van der Waals surface area contributed by atoms with E-state index >= 15 is 0 Å². The van der Waals surface area contributed by atoms with Crippen LogP contribution in [-0.2, 0) is 32.1 Å². The number of likely N-dealkylation sites (N-methyl/N-ethyl adjacent to an activating group) is 2. The third-order valence-corrected chi connectivity index (χ3v) is 6.80. The fraction of sp³-hybridized carbons (Fsp3) is 0.387. The summed E-state index contributed by atoms with van der Waals surface area (Å²) >= 11 is 0. The predicted octanol–water partition coefficient (Wildman–Crippen LogP) is 4.64. The summed E-state index contributed by atoms with van der Waals surface area (Å²) < 4.78 is 101. The van der Waals surface area contributed by atoms with Crippen LogP contribution in [0.1, 0.15) is 11.1 Å². The zero-order valence-electron chi connectivity index (χ0n) is 28.7. The Morgan fingerprint density at radius 3 is 1.80 bits per heavy atom. The fourth-order valence-corrected chi connectivity index (χ4v) is 4.03. The lowest BCUT2D eigenvalue weighted by Crippen LogP contribution is -2.44. The average Bonchev–Trinajstić information content (AvgIpc) is 3.61. The number of carboxylic acid groups (broad SMARTS) is 3. The molecule has 0 fully saturated rings. The number of nitrogens with zero attached hydrogens (tertiary/aromatic N) is 3. The van der Waals surface area contributed by atoms with Crippen LogP contribution >= 0.6 is 0 Å². The molecule has 6 N–H and O–H groups in total. The van der Waals surface area contributed by atoms with Crippen molar-refractivity contribution in [2.75, 3.05) is 51.6 Å². The zero-order chi connectivity index (χ0) is 41.6. The van der Waals surface area contributed by atoms with Gasteiger partial charge < -0.3 is 40.5 Å². The number of methoxy groups -OCH3 is 1. The molecule has 2 aromatic carbocycles. The minimum Gasteiger partial charge on any atom is -0.497 e. The van der Waals surface area contributed by atoms with E-state index in [4.69, 9.17) is 34.4 Å². The Labute approximate surface area is 300 Å². The molecule has 1 aliphatic rings. The number of carbonyl (C=O) groups excluding carboxylic acids is 1. The molecule has 0 bridgehead atoms. The number of anilines is 2. The van der Waals surface area contributed by atoms with Crippen molar-refractivity contribution < 1.29 is 78.7 Å². The fourth-order valence-electron chi connectivity index (χ4n) is 4.03. The van der Waals surface area contributed by atoms with Crippen molar-refractivity contribution in [3.63, 3.8) is 0 Å². The van der Waals surface area contributed by atoms with Crippen LogP contribution < -0.4 is 20.3 Å². The first-order valence-electron chi connectivity index (χ1n) is 14.9. The van der Waals surface area contributed by atoms with Crippen LogP contribution in [0.4, 0.5) is 50.9 Å². The third kappa shape index (κ3) is 16.0. The van der Waals surface area contributed by atoms with Crippen molar-refractivity contribution in [3.8, 4) is 16.9 Å². The van der Waals surface area contributed by atoms with Gasteiger partial charge in [0.2, 0.25) is 5.91 Å². The van der Waals surface area contributed by atoms with Gasteiger partial charge in [-0.15, -0.1) is 0 Å². The number of aromatic amines is 1. The molecule has 23 heteroatoms. The van der Waals surface area contributed by atoms with Crippen LogP contribution in [-0.4, -0.2) is 120 Å². The molecule has 1 aromatic heterocycles. The monoisotopic (exact) mass is 790 g/mol. The molecular weight excluding hydrogens is 755 g/mol. The maximum absolute atomic E-state index is 13.2. The number of aliphatic carboxylic acids is 3. The molecule has 300 valence electrons. The number of amides is 1. The second kappa shape index (κ2) is 20.0. The number of hydrogen-bond donors (Lipinski definition) is 6. The van der Waals surface area contributed by atoms with E-state index in [2.05, 4.69) is 63.9 Å². The summed E-state index contributed by atoms with van der Waals surface area (Å²) in [5.74, 6) is -7.50. The molecule has 2 heterocycles. The Balaban J connectivity index is 0.000000566. The van der Waals surface area contributed by atoms with Gasteiger partial charge in [-0.25, -0.2) is 14.4 Å². The highest BCUT2D eigenvalue weighted by Gasteiger charge is 2.39. The summed E-state index contributed by atoms with van der Waals surface area (Å²) in [6.07, 6.45) is -11.0. The van der Waals surface area contributed by atoms with Gasteiger partial charge in [0.15, 0.2) is 0 Å². The molecular formula is C31H35F9N6O8. The first-order valence-corrected chi connectivity index (χ1v) is 14.9. The van der Waals surface area contributed by atoms with Gasteiger partial charge in [0, 0.05) is 38.4 Å². The van der Waals surface area contributed by atoms with Gasteiger partial charge in [0.05, 0.1) is 30.7 Å². The maximum Gasteiger partial charge on any atom is 0.490 e. The number of alkyl halides is 9. The molecule has 4 rings (SSSR count). The first kappa shape index (κ1) is 46.4. The first-order chi connectivity index (χ1) is 24.8. The molecule has 14 nitrogen and oxygen atoms in total. The molecule has 1 atom stereocenters. The molecule has 0 radical (unpaired) electrons. The van der Waals surface area contributed by atoms with E-state index in [0.29, 0.717) is 13.0 Å². The van der Waals surface area contributed by atoms with Crippen molar-refractivity contribution in [1.82, 2.24) is 20.4 Å². The lowest BCUT2D eigenvalue weighted by molar-refractivity contribution is -0.193. The highest BCUT2D eigenvalue weighted by molar-refractivity contribution is 5.98. The van der Waals surface area contributed by atoms with Crippen molar-refractivity contribution >= 4 is 35.2 Å². The summed E-state index contributed by atoms with van der Waals surface area (Å²) in [6.45, 7) is 2.40. The Kier molecular flexibility index (Phi) is 17.2. The molecule has 1 amide bonds. The second-order valence-corrected chi connectivity index (χ2v) is 11.1. The lowest BCUT2D eigenvalue weighted by atomic mass is 9.95. The summed E-state index contributed by atoms with van der Waals surface area (Å²) in [4.78, 5) is 44.2. The van der Waals surface area contributed by atoms with Crippen LogP contribution in [0.5, 0.6) is 5.75 Å². The normalized spacial score (nSPS) is 13.7. The molecule has 0 unspecified atom stereocenters. The van der Waals surface area contributed by atoms with Crippen LogP contribution in [0.15, 0.2) is 48.8 Å². The number of halogens is 9. The van der Waals surface area contributed by atoms with E-state index in [0.717, 1.165) is 46.9 Å². The number of hydrogen-bond acceptors (Lipinski definition) is 9. The van der Waals surface area contributed by atoms with Gasteiger partial charge >= 0.3 is 36.4 Å². The van der Waals surface area contributed by atoms with E-state index in [9.17, 15) is 44.3 Å². The van der Waals surface area contributed by atoms with Crippen molar-refractivity contribution in [3.05, 3.63) is 59.9 Å². The van der Waals surface area contributed by atoms with Crippen molar-refractivity contribution in [2.24, 2.45) is 0 Å². The topological polar surface area (TPSA) is 197 Å². The largest absolute Gasteiger partial charge is 0.497 e. The number of rotatable bonds is 8. The van der Waals surface area contributed by atoms with E-state index < -0.39 is 36.4 Å². The Morgan fingerprint density at radius 2 is 1.35 bits per heavy atom. The van der Waals surface area contributed by atoms with Crippen LogP contribution in [0.2, 0.25) is 0 Å². The molecule has 0 spiro atoms. The Bertz CT molecular complexity index is 1640. The van der Waals surface area contributed by atoms with Gasteiger partial charge in [-0.2, -0.15) is 44.6 Å². The van der Waals surface area contributed by atoms with Gasteiger partial charge in [0.1, 0.15) is 5.75 Å². The van der Waals surface area contributed by atoms with Crippen LogP contribution in [0.25, 0.3) is 11.1 Å². The van der Waals surface area contributed by atoms with E-state index in [1.165, 1.54) is 5.56 Å². The quantitative estimate of drug-likeness (QED) is 0.173. The van der Waals surface area contributed by atoms with Gasteiger partial charge in [0.25, 0.3) is 0 Å². The summed E-state index contributed by atoms with van der Waals surface area (Å²) in [7, 11) is 7.82. The molecule has 54 heavy (non-hydrogen) atoms. The van der Waals surface area contributed by atoms with Gasteiger partial charge in [-0.05, 0) is 61.5 Å². The number of H-pyrrole nitrogens is 1. The van der Waals surface area contributed by atoms with Gasteiger partial charge in [-0.1, -0.05) is 12.1 Å². The number of aromatic nitrogens is 2. The minimum atomic E-state index is -5.08. The van der Waals surface area contributed by atoms with E-state index in [-0.39, 0.29) is 11.9 Å². The molecule has 0 saturated heterocycles. The number of carbonyl (C=O) groups is 4. The second-order valence-electron chi connectivity index (χ2n) is 11.1. The Hall–Kier alpha value is -5.58. The number of nitrogens with one attached hydrogen (secondary N) is 3. The molecule has 1 aliphatic heterocycles. The average molecular weight is 791 g/mol. The maximum atomic E-state index is 13.2. The predicted molar refractivity (Wildman–Crippen MR) is 173 cm³/mol. The Morgan fingerprint density at radius 1 is 0.815 bits per heavy atom. The molecule has 3 aromatic rings. The van der Waals surface area contributed by atoms with Crippen LogP contribution in [0.3, 0.4) is 0 Å². The van der Waals surface area contributed by atoms with E-state index in [1.807, 2.05) is 30.5 Å². The van der Waals surface area contributed by atoms with E-state index in [1.54, 1.807) is 13.3 Å².